The maximum atomic E-state index is 5.69. The molecule has 2 aliphatic rings. The van der Waals surface area contributed by atoms with Gasteiger partial charge in [0.1, 0.15) is 0 Å². The number of hydrogen-bond donors (Lipinski definition) is 0. The third kappa shape index (κ3) is 1.97. The third-order valence-electron chi connectivity index (χ3n) is 2.52. The summed E-state index contributed by atoms with van der Waals surface area (Å²) in [6.07, 6.45) is 4.06. The Balaban J connectivity index is 2.22. The number of rotatable bonds is 0. The number of ether oxygens (including phenoxy) is 2. The van der Waals surface area contributed by atoms with E-state index in [9.17, 15) is 0 Å². The van der Waals surface area contributed by atoms with Crippen LogP contribution in [0.25, 0.3) is 0 Å². The minimum Gasteiger partial charge on any atom is -0.347 e. The van der Waals surface area contributed by atoms with Crippen LogP contribution in [0.1, 0.15) is 26.7 Å². The summed E-state index contributed by atoms with van der Waals surface area (Å²) in [6, 6.07) is 0. The lowest BCUT2D eigenvalue weighted by Crippen LogP contribution is -2.38. The van der Waals surface area contributed by atoms with Crippen molar-refractivity contribution in [2.24, 2.45) is 5.41 Å². The molecule has 0 aromatic rings. The van der Waals surface area contributed by atoms with Gasteiger partial charge in [-0.25, -0.2) is 0 Å². The minimum atomic E-state index is -0.336. The highest BCUT2D eigenvalue weighted by Gasteiger charge is 2.44. The lowest BCUT2D eigenvalue weighted by atomic mass is 9.79. The van der Waals surface area contributed by atoms with Crippen LogP contribution in [0.15, 0.2) is 10.6 Å². The standard InChI is InChI=1S/C10H15BrO2/c1-9(2)5-8(11)6-10(7-9)12-3-4-13-10/h5H,3-4,6-7H2,1-2H3. The number of allylic oxidation sites excluding steroid dienone is 1. The molecule has 1 saturated heterocycles. The Hall–Kier alpha value is 0.140. The monoisotopic (exact) mass is 246 g/mol. The van der Waals surface area contributed by atoms with Crippen LogP contribution in [-0.2, 0) is 9.47 Å². The van der Waals surface area contributed by atoms with Crippen LogP contribution in [0.3, 0.4) is 0 Å². The van der Waals surface area contributed by atoms with E-state index in [0.717, 1.165) is 26.1 Å². The Bertz CT molecular complexity index is 239. The fourth-order valence-corrected chi connectivity index (χ4v) is 3.29. The Kier molecular flexibility index (Phi) is 2.29. The van der Waals surface area contributed by atoms with Gasteiger partial charge in [-0.15, -0.1) is 0 Å². The SMILES string of the molecule is CC1(C)C=C(Br)CC2(C1)OCCO2. The van der Waals surface area contributed by atoms with E-state index >= 15 is 0 Å². The van der Waals surface area contributed by atoms with Crippen LogP contribution in [0.5, 0.6) is 0 Å². The van der Waals surface area contributed by atoms with Crippen LogP contribution in [0, 0.1) is 5.41 Å². The molecule has 1 aliphatic heterocycles. The lowest BCUT2D eigenvalue weighted by Gasteiger charge is -2.38. The van der Waals surface area contributed by atoms with Crippen LogP contribution >= 0.6 is 15.9 Å². The molecule has 74 valence electrons. The van der Waals surface area contributed by atoms with E-state index in [-0.39, 0.29) is 11.2 Å². The Morgan fingerprint density at radius 2 is 1.92 bits per heavy atom. The quantitative estimate of drug-likeness (QED) is 0.655. The van der Waals surface area contributed by atoms with Gasteiger partial charge in [0.2, 0.25) is 0 Å². The topological polar surface area (TPSA) is 18.5 Å². The van der Waals surface area contributed by atoms with Crippen molar-refractivity contribution in [2.45, 2.75) is 32.5 Å². The third-order valence-corrected chi connectivity index (χ3v) is 3.03. The highest BCUT2D eigenvalue weighted by Crippen LogP contribution is 2.45. The van der Waals surface area contributed by atoms with E-state index < -0.39 is 0 Å². The Morgan fingerprint density at radius 3 is 2.46 bits per heavy atom. The predicted molar refractivity (Wildman–Crippen MR) is 54.7 cm³/mol. The molecular formula is C10H15BrO2. The summed E-state index contributed by atoms with van der Waals surface area (Å²) in [5.74, 6) is -0.336. The molecule has 0 aromatic carbocycles. The second-order valence-electron chi connectivity index (χ2n) is 4.54. The van der Waals surface area contributed by atoms with E-state index in [1.54, 1.807) is 0 Å². The van der Waals surface area contributed by atoms with Crippen molar-refractivity contribution in [2.75, 3.05) is 13.2 Å². The molecule has 0 radical (unpaired) electrons. The minimum absolute atomic E-state index is 0.168. The molecule has 0 bridgehead atoms. The maximum absolute atomic E-state index is 5.69. The summed E-state index contributed by atoms with van der Waals surface area (Å²) >= 11 is 3.55. The fourth-order valence-electron chi connectivity index (χ4n) is 2.24. The van der Waals surface area contributed by atoms with Gasteiger partial charge in [0.15, 0.2) is 5.79 Å². The normalized spacial score (nSPS) is 30.5. The second-order valence-corrected chi connectivity index (χ2v) is 5.56. The number of halogens is 1. The molecule has 0 unspecified atom stereocenters. The van der Waals surface area contributed by atoms with E-state index in [1.807, 2.05) is 0 Å². The molecule has 0 amide bonds. The molecule has 0 aromatic heterocycles. The van der Waals surface area contributed by atoms with E-state index in [1.165, 1.54) is 4.48 Å². The van der Waals surface area contributed by atoms with Crippen molar-refractivity contribution in [3.8, 4) is 0 Å². The molecule has 1 heterocycles. The van der Waals surface area contributed by atoms with Gasteiger partial charge < -0.3 is 9.47 Å². The molecule has 1 aliphatic carbocycles. The predicted octanol–water partition coefficient (Wildman–Crippen LogP) is 2.83. The molecule has 3 heteroatoms. The van der Waals surface area contributed by atoms with Crippen LogP contribution in [0.2, 0.25) is 0 Å². The molecule has 0 atom stereocenters. The molecule has 1 spiro atoms. The Morgan fingerprint density at radius 1 is 1.31 bits per heavy atom. The summed E-state index contributed by atoms with van der Waals surface area (Å²) in [5.41, 5.74) is 0.168. The van der Waals surface area contributed by atoms with Crippen molar-refractivity contribution in [3.05, 3.63) is 10.6 Å². The smallest absolute Gasteiger partial charge is 0.173 e. The first-order valence-electron chi connectivity index (χ1n) is 4.67. The van der Waals surface area contributed by atoms with Gasteiger partial charge in [-0.1, -0.05) is 35.9 Å². The first-order valence-corrected chi connectivity index (χ1v) is 5.46. The molecule has 0 N–H and O–H groups in total. The second kappa shape index (κ2) is 3.07. The summed E-state index contributed by atoms with van der Waals surface area (Å²) < 4.78 is 12.6. The zero-order chi connectivity index (χ0) is 9.53. The molecular weight excluding hydrogens is 232 g/mol. The molecule has 2 rings (SSSR count). The maximum Gasteiger partial charge on any atom is 0.173 e. The van der Waals surface area contributed by atoms with Crippen LogP contribution in [0.4, 0.5) is 0 Å². The average molecular weight is 247 g/mol. The first-order chi connectivity index (χ1) is 6.02. The zero-order valence-electron chi connectivity index (χ0n) is 8.10. The highest BCUT2D eigenvalue weighted by molar-refractivity contribution is 9.11. The van der Waals surface area contributed by atoms with Gasteiger partial charge in [-0.3, -0.25) is 0 Å². The van der Waals surface area contributed by atoms with Crippen molar-refractivity contribution in [1.82, 2.24) is 0 Å². The van der Waals surface area contributed by atoms with E-state index in [2.05, 4.69) is 35.9 Å². The van der Waals surface area contributed by atoms with Gasteiger partial charge >= 0.3 is 0 Å². The van der Waals surface area contributed by atoms with Crippen molar-refractivity contribution in [1.29, 1.82) is 0 Å². The fraction of sp³-hybridized carbons (Fsp3) is 0.800. The van der Waals surface area contributed by atoms with Gasteiger partial charge in [-0.2, -0.15) is 0 Å². The van der Waals surface area contributed by atoms with Crippen molar-refractivity contribution in [3.63, 3.8) is 0 Å². The summed E-state index contributed by atoms with van der Waals surface area (Å²) in [5, 5.41) is 0. The van der Waals surface area contributed by atoms with E-state index in [0.29, 0.717) is 0 Å². The molecule has 13 heavy (non-hydrogen) atoms. The number of hydrogen-bond acceptors (Lipinski definition) is 2. The molecule has 2 nitrogen and oxygen atoms in total. The molecule has 0 saturated carbocycles. The van der Waals surface area contributed by atoms with Gasteiger partial charge in [0.05, 0.1) is 13.2 Å². The average Bonchev–Trinajstić information content (AvgIpc) is 2.31. The van der Waals surface area contributed by atoms with Crippen LogP contribution < -0.4 is 0 Å². The van der Waals surface area contributed by atoms with Crippen molar-refractivity contribution < 1.29 is 9.47 Å². The van der Waals surface area contributed by atoms with Crippen LogP contribution in [-0.4, -0.2) is 19.0 Å². The zero-order valence-corrected chi connectivity index (χ0v) is 9.69. The largest absolute Gasteiger partial charge is 0.347 e. The molecule has 1 fully saturated rings. The summed E-state index contributed by atoms with van der Waals surface area (Å²) in [4.78, 5) is 0. The van der Waals surface area contributed by atoms with Gasteiger partial charge in [0, 0.05) is 12.8 Å². The van der Waals surface area contributed by atoms with Crippen molar-refractivity contribution >= 4 is 15.9 Å². The summed E-state index contributed by atoms with van der Waals surface area (Å²) in [7, 11) is 0. The van der Waals surface area contributed by atoms with Gasteiger partial charge in [-0.05, 0) is 9.90 Å². The Labute approximate surface area is 87.4 Å². The van der Waals surface area contributed by atoms with E-state index in [4.69, 9.17) is 9.47 Å². The first kappa shape index (κ1) is 9.69. The highest BCUT2D eigenvalue weighted by atomic mass is 79.9. The summed E-state index contributed by atoms with van der Waals surface area (Å²) in [6.45, 7) is 5.88. The van der Waals surface area contributed by atoms with Gasteiger partial charge in [0.25, 0.3) is 0 Å². The lowest BCUT2D eigenvalue weighted by molar-refractivity contribution is -0.175.